The maximum Gasteiger partial charge on any atom is 0.110 e. The Kier molecular flexibility index (Phi) is 4.20. The second-order valence-corrected chi connectivity index (χ2v) is 6.18. The average Bonchev–Trinajstić information content (AvgIpc) is 3.10. The first kappa shape index (κ1) is 12.8. The molecule has 0 bridgehead atoms. The molecule has 0 radical (unpaired) electrons. The summed E-state index contributed by atoms with van der Waals surface area (Å²) in [7, 11) is 0. The van der Waals surface area contributed by atoms with E-state index in [1.165, 1.54) is 34.7 Å². The van der Waals surface area contributed by atoms with E-state index < -0.39 is 0 Å². The third-order valence-corrected chi connectivity index (χ3v) is 4.71. The Morgan fingerprint density at radius 2 is 2.32 bits per heavy atom. The maximum absolute atomic E-state index is 4.57. The molecule has 3 rings (SSSR count). The molecule has 3 heterocycles. The zero-order chi connectivity index (χ0) is 12.9. The van der Waals surface area contributed by atoms with Crippen molar-refractivity contribution in [2.24, 2.45) is 0 Å². The van der Waals surface area contributed by atoms with Crippen LogP contribution in [-0.4, -0.2) is 16.5 Å². The third-order valence-electron chi connectivity index (χ3n) is 3.54. The summed E-state index contributed by atoms with van der Waals surface area (Å²) in [6, 6.07) is 4.66. The summed E-state index contributed by atoms with van der Waals surface area (Å²) >= 11 is 1.88. The normalized spacial score (nSPS) is 18.8. The Morgan fingerprint density at radius 3 is 3.11 bits per heavy atom. The standard InChI is InChI=1S/C15H19N3S/c1(4-12-5-2-8-16-10-12)6-13-11-18-15(19-13)14-7-3-9-17-14/h2,5,8,10-11,14,17H,1,3-4,6-7,9H2. The van der Waals surface area contributed by atoms with Crippen molar-refractivity contribution < 1.29 is 0 Å². The smallest absolute Gasteiger partial charge is 0.110 e. The van der Waals surface area contributed by atoms with Crippen LogP contribution in [0.5, 0.6) is 0 Å². The molecule has 0 aliphatic carbocycles. The SMILES string of the molecule is c1cncc(CCCc2cnc(C3CCCN3)s2)c1. The van der Waals surface area contributed by atoms with Gasteiger partial charge in [-0.1, -0.05) is 6.07 Å². The maximum atomic E-state index is 4.57. The number of aromatic nitrogens is 2. The molecule has 19 heavy (non-hydrogen) atoms. The van der Waals surface area contributed by atoms with Crippen LogP contribution in [0.3, 0.4) is 0 Å². The molecule has 1 N–H and O–H groups in total. The van der Waals surface area contributed by atoms with Crippen LogP contribution in [0.2, 0.25) is 0 Å². The lowest BCUT2D eigenvalue weighted by Crippen LogP contribution is -2.12. The van der Waals surface area contributed by atoms with Crippen LogP contribution in [0.15, 0.2) is 30.7 Å². The molecule has 1 aliphatic rings. The number of thiazole rings is 1. The van der Waals surface area contributed by atoms with Gasteiger partial charge in [-0.2, -0.15) is 0 Å². The average molecular weight is 273 g/mol. The molecule has 100 valence electrons. The van der Waals surface area contributed by atoms with Crippen LogP contribution in [0, 0.1) is 0 Å². The fraction of sp³-hybridized carbons (Fsp3) is 0.467. The van der Waals surface area contributed by atoms with Gasteiger partial charge in [0.1, 0.15) is 5.01 Å². The minimum absolute atomic E-state index is 0.511. The van der Waals surface area contributed by atoms with Crippen LogP contribution in [-0.2, 0) is 12.8 Å². The van der Waals surface area contributed by atoms with E-state index in [-0.39, 0.29) is 0 Å². The Balaban J connectivity index is 1.50. The first-order valence-corrected chi connectivity index (χ1v) is 7.80. The number of pyridine rings is 1. The van der Waals surface area contributed by atoms with Crippen molar-refractivity contribution >= 4 is 11.3 Å². The summed E-state index contributed by atoms with van der Waals surface area (Å²) in [6.07, 6.45) is 11.8. The van der Waals surface area contributed by atoms with E-state index in [1.54, 1.807) is 0 Å². The van der Waals surface area contributed by atoms with Gasteiger partial charge in [-0.3, -0.25) is 4.98 Å². The van der Waals surface area contributed by atoms with Gasteiger partial charge < -0.3 is 5.32 Å². The first-order chi connectivity index (χ1) is 9.42. The van der Waals surface area contributed by atoms with E-state index in [4.69, 9.17) is 0 Å². The lowest BCUT2D eigenvalue weighted by Gasteiger charge is -2.04. The van der Waals surface area contributed by atoms with E-state index in [2.05, 4.69) is 27.5 Å². The largest absolute Gasteiger partial charge is 0.308 e. The van der Waals surface area contributed by atoms with Gasteiger partial charge in [-0.05, 0) is 50.3 Å². The third kappa shape index (κ3) is 3.39. The van der Waals surface area contributed by atoms with Crippen LogP contribution < -0.4 is 5.32 Å². The molecule has 4 heteroatoms. The van der Waals surface area contributed by atoms with Gasteiger partial charge in [0.25, 0.3) is 0 Å². The van der Waals surface area contributed by atoms with Crippen molar-refractivity contribution in [1.29, 1.82) is 0 Å². The van der Waals surface area contributed by atoms with E-state index >= 15 is 0 Å². The first-order valence-electron chi connectivity index (χ1n) is 6.99. The number of nitrogens with one attached hydrogen (secondary N) is 1. The second kappa shape index (κ2) is 6.26. The van der Waals surface area contributed by atoms with E-state index in [9.17, 15) is 0 Å². The predicted octanol–water partition coefficient (Wildman–Crippen LogP) is 3.14. The van der Waals surface area contributed by atoms with E-state index in [0.717, 1.165) is 19.4 Å². The van der Waals surface area contributed by atoms with Crippen molar-refractivity contribution in [3.8, 4) is 0 Å². The molecule has 2 aromatic heterocycles. The Morgan fingerprint density at radius 1 is 1.32 bits per heavy atom. The second-order valence-electron chi connectivity index (χ2n) is 5.03. The van der Waals surface area contributed by atoms with Crippen LogP contribution in [0.1, 0.15) is 40.8 Å². The molecule has 1 unspecified atom stereocenters. The van der Waals surface area contributed by atoms with Gasteiger partial charge >= 0.3 is 0 Å². The number of aryl methyl sites for hydroxylation is 2. The van der Waals surface area contributed by atoms with E-state index in [1.807, 2.05) is 29.8 Å². The summed E-state index contributed by atoms with van der Waals surface area (Å²) in [5.74, 6) is 0. The highest BCUT2D eigenvalue weighted by atomic mass is 32.1. The highest BCUT2D eigenvalue weighted by Gasteiger charge is 2.19. The molecule has 3 nitrogen and oxygen atoms in total. The number of nitrogens with zero attached hydrogens (tertiary/aromatic N) is 2. The fourth-order valence-corrected chi connectivity index (χ4v) is 3.58. The zero-order valence-corrected chi connectivity index (χ0v) is 11.8. The van der Waals surface area contributed by atoms with Crippen molar-refractivity contribution in [2.75, 3.05) is 6.54 Å². The zero-order valence-electron chi connectivity index (χ0n) is 11.0. The topological polar surface area (TPSA) is 37.8 Å². The quantitative estimate of drug-likeness (QED) is 0.909. The Labute approximate surface area is 118 Å². The molecular formula is C15H19N3S. The number of rotatable bonds is 5. The highest BCUT2D eigenvalue weighted by molar-refractivity contribution is 7.11. The monoisotopic (exact) mass is 273 g/mol. The fourth-order valence-electron chi connectivity index (χ4n) is 2.51. The van der Waals surface area contributed by atoms with Crippen LogP contribution >= 0.6 is 11.3 Å². The predicted molar refractivity (Wildman–Crippen MR) is 78.4 cm³/mol. The molecule has 1 fully saturated rings. The number of hydrogen-bond acceptors (Lipinski definition) is 4. The summed E-state index contributed by atoms with van der Waals surface area (Å²) in [5, 5.41) is 4.78. The van der Waals surface area contributed by atoms with Gasteiger partial charge in [-0.15, -0.1) is 11.3 Å². The molecule has 1 saturated heterocycles. The molecule has 2 aromatic rings. The van der Waals surface area contributed by atoms with Crippen LogP contribution in [0.25, 0.3) is 0 Å². The molecule has 0 amide bonds. The highest BCUT2D eigenvalue weighted by Crippen LogP contribution is 2.27. The Hall–Kier alpha value is -1.26. The van der Waals surface area contributed by atoms with Crippen LogP contribution in [0.4, 0.5) is 0 Å². The molecule has 0 saturated carbocycles. The molecule has 1 atom stereocenters. The van der Waals surface area contributed by atoms with Gasteiger partial charge in [0, 0.05) is 23.5 Å². The summed E-state index contributed by atoms with van der Waals surface area (Å²) in [5.41, 5.74) is 1.32. The summed E-state index contributed by atoms with van der Waals surface area (Å²) in [4.78, 5) is 10.1. The molecule has 1 aliphatic heterocycles. The number of hydrogen-bond donors (Lipinski definition) is 1. The van der Waals surface area contributed by atoms with Crippen molar-refractivity contribution in [1.82, 2.24) is 15.3 Å². The van der Waals surface area contributed by atoms with Gasteiger partial charge in [0.2, 0.25) is 0 Å². The molecular weight excluding hydrogens is 254 g/mol. The van der Waals surface area contributed by atoms with Crippen molar-refractivity contribution in [3.63, 3.8) is 0 Å². The van der Waals surface area contributed by atoms with Crippen molar-refractivity contribution in [2.45, 2.75) is 38.1 Å². The molecule has 0 aromatic carbocycles. The minimum Gasteiger partial charge on any atom is -0.308 e. The van der Waals surface area contributed by atoms with Gasteiger partial charge in [0.15, 0.2) is 0 Å². The van der Waals surface area contributed by atoms with E-state index in [0.29, 0.717) is 6.04 Å². The lowest BCUT2D eigenvalue weighted by atomic mass is 10.1. The van der Waals surface area contributed by atoms with Gasteiger partial charge in [0.05, 0.1) is 6.04 Å². The van der Waals surface area contributed by atoms with Crippen molar-refractivity contribution in [3.05, 3.63) is 46.2 Å². The van der Waals surface area contributed by atoms with Gasteiger partial charge in [-0.25, -0.2) is 4.98 Å². The summed E-state index contributed by atoms with van der Waals surface area (Å²) < 4.78 is 0. The lowest BCUT2D eigenvalue weighted by molar-refractivity contribution is 0.643. The Bertz CT molecular complexity index is 503. The molecule has 0 spiro atoms. The summed E-state index contributed by atoms with van der Waals surface area (Å²) in [6.45, 7) is 1.14. The minimum atomic E-state index is 0.511.